The zero-order valence-electron chi connectivity index (χ0n) is 13.1. The Labute approximate surface area is 134 Å². The predicted octanol–water partition coefficient (Wildman–Crippen LogP) is 1.27. The molecule has 2 N–H and O–H groups in total. The van der Waals surface area contributed by atoms with Gasteiger partial charge in [0.15, 0.2) is 5.82 Å². The fourth-order valence-corrected chi connectivity index (χ4v) is 2.97. The molecule has 0 bridgehead atoms. The maximum Gasteiger partial charge on any atom is 0.220 e. The van der Waals surface area contributed by atoms with Crippen molar-refractivity contribution in [2.75, 3.05) is 6.54 Å². The molecule has 2 amide bonds. The van der Waals surface area contributed by atoms with E-state index in [0.717, 1.165) is 5.56 Å². The molecule has 2 aromatic rings. The monoisotopic (exact) mass is 313 g/mol. The van der Waals surface area contributed by atoms with Crippen molar-refractivity contribution in [3.8, 4) is 11.4 Å². The van der Waals surface area contributed by atoms with E-state index < -0.39 is 0 Å². The van der Waals surface area contributed by atoms with Gasteiger partial charge >= 0.3 is 0 Å². The second-order valence-corrected chi connectivity index (χ2v) is 5.73. The van der Waals surface area contributed by atoms with Gasteiger partial charge in [-0.2, -0.15) is 5.10 Å². The van der Waals surface area contributed by atoms with Crippen molar-refractivity contribution < 1.29 is 9.59 Å². The van der Waals surface area contributed by atoms with Gasteiger partial charge in [-0.25, -0.2) is 4.98 Å². The van der Waals surface area contributed by atoms with Gasteiger partial charge in [-0.05, 0) is 6.42 Å². The molecule has 0 aliphatic carbocycles. The quantitative estimate of drug-likeness (QED) is 0.893. The Bertz CT molecular complexity index is 712. The first-order chi connectivity index (χ1) is 11.0. The number of aromatic nitrogens is 3. The second kappa shape index (κ2) is 6.20. The molecule has 1 aromatic heterocycles. The van der Waals surface area contributed by atoms with Crippen LogP contribution in [0.25, 0.3) is 11.4 Å². The van der Waals surface area contributed by atoms with E-state index in [0.29, 0.717) is 24.6 Å². The van der Waals surface area contributed by atoms with E-state index in [-0.39, 0.29) is 23.9 Å². The maximum atomic E-state index is 11.9. The van der Waals surface area contributed by atoms with Crippen molar-refractivity contribution in [2.45, 2.75) is 32.4 Å². The normalized spacial score (nSPS) is 20.5. The molecule has 1 aliphatic rings. The molecule has 7 nitrogen and oxygen atoms in total. The SMILES string of the molecule is CC(=O)N[C@H]1C[C@@H](c2nc(-c3ccccc3)n[nH]2)N(C(C)=O)C1. The fraction of sp³-hybridized carbons (Fsp3) is 0.375. The molecule has 1 aromatic carbocycles. The Hall–Kier alpha value is -2.70. The smallest absolute Gasteiger partial charge is 0.220 e. The van der Waals surface area contributed by atoms with Crippen LogP contribution in [0.2, 0.25) is 0 Å². The molecule has 1 aliphatic heterocycles. The van der Waals surface area contributed by atoms with E-state index in [2.05, 4.69) is 20.5 Å². The number of hydrogen-bond donors (Lipinski definition) is 2. The van der Waals surface area contributed by atoms with E-state index >= 15 is 0 Å². The molecule has 2 atom stereocenters. The van der Waals surface area contributed by atoms with Crippen LogP contribution < -0.4 is 5.32 Å². The number of amides is 2. The lowest BCUT2D eigenvalue weighted by atomic mass is 10.1. The van der Waals surface area contributed by atoms with Crippen molar-refractivity contribution in [1.82, 2.24) is 25.4 Å². The average molecular weight is 313 g/mol. The van der Waals surface area contributed by atoms with Gasteiger partial charge in [0, 0.05) is 32.0 Å². The Kier molecular flexibility index (Phi) is 4.10. The standard InChI is InChI=1S/C16H19N5O2/c1-10(22)17-13-8-14(21(9-13)11(2)23)16-18-15(19-20-16)12-6-4-3-5-7-12/h3-7,13-14H,8-9H2,1-2H3,(H,17,22)(H,18,19,20)/t13-,14-/m0/s1. The van der Waals surface area contributed by atoms with Gasteiger partial charge in [-0.1, -0.05) is 30.3 Å². The van der Waals surface area contributed by atoms with E-state index in [9.17, 15) is 9.59 Å². The number of carbonyl (C=O) groups excluding carboxylic acids is 2. The minimum absolute atomic E-state index is 0.0412. The van der Waals surface area contributed by atoms with Gasteiger partial charge in [0.1, 0.15) is 5.82 Å². The zero-order valence-corrected chi connectivity index (χ0v) is 13.1. The summed E-state index contributed by atoms with van der Waals surface area (Å²) in [6.07, 6.45) is 0.628. The van der Waals surface area contributed by atoms with Crippen molar-refractivity contribution in [3.05, 3.63) is 36.2 Å². The Morgan fingerprint density at radius 2 is 2.00 bits per heavy atom. The number of nitrogens with zero attached hydrogens (tertiary/aromatic N) is 3. The van der Waals surface area contributed by atoms with Crippen molar-refractivity contribution in [2.24, 2.45) is 0 Å². The highest BCUT2D eigenvalue weighted by molar-refractivity contribution is 5.75. The van der Waals surface area contributed by atoms with Crippen LogP contribution in [0.1, 0.15) is 32.1 Å². The average Bonchev–Trinajstić information content (AvgIpc) is 3.14. The number of benzene rings is 1. The van der Waals surface area contributed by atoms with Crippen LogP contribution in [0, 0.1) is 0 Å². The first kappa shape index (κ1) is 15.2. The number of carbonyl (C=O) groups is 2. The van der Waals surface area contributed by atoms with Crippen LogP contribution in [0.15, 0.2) is 30.3 Å². The van der Waals surface area contributed by atoms with Crippen molar-refractivity contribution >= 4 is 11.8 Å². The molecular formula is C16H19N5O2. The van der Waals surface area contributed by atoms with Crippen molar-refractivity contribution in [1.29, 1.82) is 0 Å². The molecule has 0 spiro atoms. The highest BCUT2D eigenvalue weighted by atomic mass is 16.2. The number of aromatic amines is 1. The van der Waals surface area contributed by atoms with Gasteiger partial charge in [0.25, 0.3) is 0 Å². The maximum absolute atomic E-state index is 11.9. The Balaban J connectivity index is 1.83. The minimum Gasteiger partial charge on any atom is -0.352 e. The third-order valence-corrected chi connectivity index (χ3v) is 3.96. The first-order valence-electron chi connectivity index (χ1n) is 7.56. The Morgan fingerprint density at radius 1 is 1.26 bits per heavy atom. The van der Waals surface area contributed by atoms with Gasteiger partial charge in [0.05, 0.1) is 6.04 Å². The zero-order chi connectivity index (χ0) is 16.4. The molecule has 120 valence electrons. The highest BCUT2D eigenvalue weighted by Crippen LogP contribution is 2.31. The molecule has 3 rings (SSSR count). The van der Waals surface area contributed by atoms with Crippen LogP contribution in [0.5, 0.6) is 0 Å². The number of likely N-dealkylation sites (tertiary alicyclic amines) is 1. The molecule has 0 unspecified atom stereocenters. The fourth-order valence-electron chi connectivity index (χ4n) is 2.97. The first-order valence-corrected chi connectivity index (χ1v) is 7.56. The van der Waals surface area contributed by atoms with Gasteiger partial charge in [0.2, 0.25) is 11.8 Å². The third kappa shape index (κ3) is 3.23. The van der Waals surface area contributed by atoms with Gasteiger partial charge < -0.3 is 10.2 Å². The lowest BCUT2D eigenvalue weighted by Crippen LogP contribution is -2.36. The summed E-state index contributed by atoms with van der Waals surface area (Å²) >= 11 is 0. The number of hydrogen-bond acceptors (Lipinski definition) is 4. The summed E-state index contributed by atoms with van der Waals surface area (Å²) in [6, 6.07) is 9.39. The summed E-state index contributed by atoms with van der Waals surface area (Å²) in [5, 5.41) is 10.1. The summed E-state index contributed by atoms with van der Waals surface area (Å²) in [5.74, 6) is 1.11. The topological polar surface area (TPSA) is 91.0 Å². The van der Waals surface area contributed by atoms with Crippen LogP contribution in [0.3, 0.4) is 0 Å². The molecule has 2 heterocycles. The van der Waals surface area contributed by atoms with Gasteiger partial charge in [-0.15, -0.1) is 0 Å². The molecular weight excluding hydrogens is 294 g/mol. The summed E-state index contributed by atoms with van der Waals surface area (Å²) in [5.41, 5.74) is 0.917. The number of nitrogens with one attached hydrogen (secondary N) is 2. The van der Waals surface area contributed by atoms with E-state index in [1.165, 1.54) is 13.8 Å². The van der Waals surface area contributed by atoms with Crippen molar-refractivity contribution in [3.63, 3.8) is 0 Å². The summed E-state index contributed by atoms with van der Waals surface area (Å²) in [6.45, 7) is 3.49. The van der Waals surface area contributed by atoms with E-state index in [1.54, 1.807) is 4.90 Å². The van der Waals surface area contributed by atoms with Gasteiger partial charge in [-0.3, -0.25) is 14.7 Å². The number of rotatable bonds is 3. The molecule has 1 fully saturated rings. The lowest BCUT2D eigenvalue weighted by molar-refractivity contribution is -0.130. The molecule has 0 saturated carbocycles. The summed E-state index contributed by atoms with van der Waals surface area (Å²) < 4.78 is 0. The van der Waals surface area contributed by atoms with E-state index in [1.807, 2.05) is 30.3 Å². The highest BCUT2D eigenvalue weighted by Gasteiger charge is 2.37. The lowest BCUT2D eigenvalue weighted by Gasteiger charge is -2.20. The molecule has 7 heteroatoms. The van der Waals surface area contributed by atoms with E-state index in [4.69, 9.17) is 0 Å². The summed E-state index contributed by atoms with van der Waals surface area (Å²) in [7, 11) is 0. The largest absolute Gasteiger partial charge is 0.352 e. The van der Waals surface area contributed by atoms with Crippen LogP contribution in [-0.2, 0) is 9.59 Å². The minimum atomic E-state index is -0.200. The van der Waals surface area contributed by atoms with Crippen LogP contribution >= 0.6 is 0 Å². The van der Waals surface area contributed by atoms with Crippen LogP contribution in [0.4, 0.5) is 0 Å². The third-order valence-electron chi connectivity index (χ3n) is 3.96. The summed E-state index contributed by atoms with van der Waals surface area (Å²) in [4.78, 5) is 29.4. The Morgan fingerprint density at radius 3 is 2.65 bits per heavy atom. The molecule has 1 saturated heterocycles. The predicted molar refractivity (Wildman–Crippen MR) is 84.2 cm³/mol. The molecule has 0 radical (unpaired) electrons. The molecule has 23 heavy (non-hydrogen) atoms. The number of H-pyrrole nitrogens is 1. The van der Waals surface area contributed by atoms with Crippen LogP contribution in [-0.4, -0.2) is 44.5 Å². The second-order valence-electron chi connectivity index (χ2n) is 5.73.